The van der Waals surface area contributed by atoms with Gasteiger partial charge in [0.2, 0.25) is 0 Å². The highest BCUT2D eigenvalue weighted by atomic mass is 35.5. The van der Waals surface area contributed by atoms with Gasteiger partial charge < -0.3 is 9.72 Å². The molecule has 1 unspecified atom stereocenters. The molecular weight excluding hydrogens is 413 g/mol. The van der Waals surface area contributed by atoms with Crippen LogP contribution in [0.15, 0.2) is 48.7 Å². The van der Waals surface area contributed by atoms with E-state index >= 15 is 0 Å². The molecule has 1 fully saturated rings. The molecule has 0 saturated heterocycles. The second kappa shape index (κ2) is 8.56. The molecule has 0 aliphatic heterocycles. The Morgan fingerprint density at radius 2 is 1.90 bits per heavy atom. The molecule has 0 radical (unpaired) electrons. The van der Waals surface area contributed by atoms with Gasteiger partial charge in [-0.25, -0.2) is 9.37 Å². The monoisotopic (exact) mass is 437 g/mol. The van der Waals surface area contributed by atoms with Crippen LogP contribution in [0.25, 0.3) is 21.9 Å². The normalized spacial score (nSPS) is 20.4. The van der Waals surface area contributed by atoms with Crippen LogP contribution >= 0.6 is 11.6 Å². The molecule has 1 N–H and O–H groups in total. The summed E-state index contributed by atoms with van der Waals surface area (Å²) in [5.41, 5.74) is 3.96. The summed E-state index contributed by atoms with van der Waals surface area (Å²) in [5.74, 6) is 1.88. The van der Waals surface area contributed by atoms with Crippen molar-refractivity contribution < 1.29 is 9.13 Å². The van der Waals surface area contributed by atoms with Gasteiger partial charge >= 0.3 is 0 Å². The topological polar surface area (TPSA) is 50.8 Å². The van der Waals surface area contributed by atoms with E-state index in [9.17, 15) is 4.39 Å². The number of hydrogen-bond acceptors (Lipinski definition) is 3. The number of methoxy groups -OCH3 is 1. The molecule has 0 spiro atoms. The van der Waals surface area contributed by atoms with Crippen LogP contribution in [0.4, 0.5) is 4.39 Å². The molecule has 1 aliphatic rings. The second-order valence-electron chi connectivity index (χ2n) is 8.52. The van der Waals surface area contributed by atoms with Crippen LogP contribution in [0.1, 0.15) is 48.9 Å². The number of aromatic amines is 1. The van der Waals surface area contributed by atoms with Crippen LogP contribution in [-0.2, 0) is 4.74 Å². The van der Waals surface area contributed by atoms with Gasteiger partial charge in [0, 0.05) is 29.6 Å². The minimum absolute atomic E-state index is 0.208. The van der Waals surface area contributed by atoms with Gasteiger partial charge in [-0.2, -0.15) is 0 Å². The predicted octanol–water partition coefficient (Wildman–Crippen LogP) is 6.61. The summed E-state index contributed by atoms with van der Waals surface area (Å²) in [6, 6.07) is 12.7. The van der Waals surface area contributed by atoms with Crippen molar-refractivity contribution in [3.05, 3.63) is 70.9 Å². The van der Waals surface area contributed by atoms with Crippen molar-refractivity contribution in [3.8, 4) is 0 Å². The highest BCUT2D eigenvalue weighted by Gasteiger charge is 2.31. The zero-order chi connectivity index (χ0) is 21.4. The fourth-order valence-electron chi connectivity index (χ4n) is 5.12. The van der Waals surface area contributed by atoms with Crippen molar-refractivity contribution in [1.29, 1.82) is 0 Å². The molecule has 6 heteroatoms. The van der Waals surface area contributed by atoms with E-state index < -0.39 is 0 Å². The Morgan fingerprint density at radius 3 is 2.71 bits per heavy atom. The third-order valence-corrected chi connectivity index (χ3v) is 6.91. The molecule has 5 rings (SSSR count). The van der Waals surface area contributed by atoms with E-state index in [0.29, 0.717) is 23.5 Å². The lowest BCUT2D eigenvalue weighted by molar-refractivity contribution is 0.135. The number of nitrogens with zero attached hydrogens (tertiary/aromatic N) is 2. The average Bonchev–Trinajstić information content (AvgIpc) is 3.20. The Labute approximate surface area is 185 Å². The van der Waals surface area contributed by atoms with Crippen LogP contribution in [0.5, 0.6) is 0 Å². The molecule has 1 atom stereocenters. The summed E-state index contributed by atoms with van der Waals surface area (Å²) in [7, 11) is 1.75. The summed E-state index contributed by atoms with van der Waals surface area (Å²) in [6.07, 6.45) is 6.12. The number of H-pyrrole nitrogens is 1. The van der Waals surface area contributed by atoms with Crippen molar-refractivity contribution >= 4 is 33.5 Å². The van der Waals surface area contributed by atoms with Gasteiger partial charge in [-0.15, -0.1) is 0 Å². The number of rotatable bonds is 5. The fraction of sp³-hybridized carbons (Fsp3) is 0.360. The van der Waals surface area contributed by atoms with Gasteiger partial charge in [-0.3, -0.25) is 4.98 Å². The first-order chi connectivity index (χ1) is 15.1. The maximum absolute atomic E-state index is 13.9. The van der Waals surface area contributed by atoms with Gasteiger partial charge in [-0.05, 0) is 85.5 Å². The zero-order valence-corrected chi connectivity index (χ0v) is 18.2. The number of fused-ring (bicyclic) bond motifs is 2. The molecule has 2 aromatic heterocycles. The van der Waals surface area contributed by atoms with Crippen LogP contribution in [0, 0.1) is 11.7 Å². The quantitative estimate of drug-likeness (QED) is 0.382. The summed E-state index contributed by atoms with van der Waals surface area (Å²) >= 11 is 6.14. The molecular formula is C25H25ClFN3O. The number of ether oxygens (including phenoxy) is 1. The molecule has 160 valence electrons. The molecule has 0 bridgehead atoms. The molecule has 4 nitrogen and oxygen atoms in total. The van der Waals surface area contributed by atoms with Gasteiger partial charge in [-0.1, -0.05) is 11.6 Å². The highest BCUT2D eigenvalue weighted by molar-refractivity contribution is 6.31. The highest BCUT2D eigenvalue weighted by Crippen LogP contribution is 2.43. The molecule has 1 aliphatic carbocycles. The van der Waals surface area contributed by atoms with E-state index in [1.54, 1.807) is 19.2 Å². The van der Waals surface area contributed by atoms with Gasteiger partial charge in [0.05, 0.1) is 23.2 Å². The van der Waals surface area contributed by atoms with E-state index in [1.165, 1.54) is 11.6 Å². The van der Waals surface area contributed by atoms with Gasteiger partial charge in [0.15, 0.2) is 0 Å². The minimum Gasteiger partial charge on any atom is -0.384 e. The van der Waals surface area contributed by atoms with Gasteiger partial charge in [0.25, 0.3) is 0 Å². The van der Waals surface area contributed by atoms with Crippen molar-refractivity contribution in [1.82, 2.24) is 15.0 Å². The van der Waals surface area contributed by atoms with Crippen LogP contribution in [0.2, 0.25) is 5.02 Å². The Kier molecular flexibility index (Phi) is 5.63. The number of aromatic nitrogens is 3. The fourth-order valence-corrected chi connectivity index (χ4v) is 5.30. The number of imidazole rings is 1. The Bertz CT molecular complexity index is 1220. The van der Waals surface area contributed by atoms with E-state index in [1.807, 2.05) is 24.4 Å². The van der Waals surface area contributed by atoms with Crippen molar-refractivity contribution in [2.45, 2.75) is 37.5 Å². The SMILES string of the molecule is COCC(c1nc2ccc(Cl)cc2[nH]1)[C@H]1CC[C@@H](c2ccnc3ccc(F)cc32)CC1. The first-order valence-corrected chi connectivity index (χ1v) is 11.2. The van der Waals surface area contributed by atoms with Crippen molar-refractivity contribution in [3.63, 3.8) is 0 Å². The Hall–Kier alpha value is -2.50. The minimum atomic E-state index is -0.208. The number of halogens is 2. The summed E-state index contributed by atoms with van der Waals surface area (Å²) in [6.45, 7) is 0.631. The Morgan fingerprint density at radius 1 is 1.10 bits per heavy atom. The van der Waals surface area contributed by atoms with E-state index in [4.69, 9.17) is 21.3 Å². The van der Waals surface area contributed by atoms with Crippen LogP contribution in [-0.4, -0.2) is 28.7 Å². The van der Waals surface area contributed by atoms with Crippen LogP contribution < -0.4 is 0 Å². The van der Waals surface area contributed by atoms with Crippen LogP contribution in [0.3, 0.4) is 0 Å². The average molecular weight is 438 g/mol. The maximum atomic E-state index is 13.9. The number of nitrogens with one attached hydrogen (secondary N) is 1. The standard InChI is InChI=1S/C25H25ClFN3O/c1-31-14-21(25-29-23-8-6-17(26)12-24(23)30-25)16-4-2-15(3-5-16)19-10-11-28-22-9-7-18(27)13-20(19)22/h6-13,15-16,21H,2-5,14H2,1H3,(H,29,30)/t15-,16+,21?. The number of pyridine rings is 1. The van der Waals surface area contributed by atoms with Crippen molar-refractivity contribution in [2.24, 2.45) is 5.92 Å². The molecule has 1 saturated carbocycles. The lowest BCUT2D eigenvalue weighted by Gasteiger charge is -2.33. The molecule has 0 amide bonds. The largest absolute Gasteiger partial charge is 0.384 e. The third kappa shape index (κ3) is 4.04. The zero-order valence-electron chi connectivity index (χ0n) is 17.4. The molecule has 2 heterocycles. The predicted molar refractivity (Wildman–Crippen MR) is 122 cm³/mol. The maximum Gasteiger partial charge on any atom is 0.123 e. The third-order valence-electron chi connectivity index (χ3n) is 6.68. The summed E-state index contributed by atoms with van der Waals surface area (Å²) < 4.78 is 19.5. The summed E-state index contributed by atoms with van der Waals surface area (Å²) in [4.78, 5) is 12.7. The van der Waals surface area contributed by atoms with E-state index in [0.717, 1.165) is 53.4 Å². The van der Waals surface area contributed by atoms with Gasteiger partial charge in [0.1, 0.15) is 11.6 Å². The summed E-state index contributed by atoms with van der Waals surface area (Å²) in [5, 5.41) is 1.64. The molecule has 4 aromatic rings. The first-order valence-electron chi connectivity index (χ1n) is 10.8. The lowest BCUT2D eigenvalue weighted by atomic mass is 9.73. The van der Waals surface area contributed by atoms with E-state index in [2.05, 4.69) is 16.0 Å². The first kappa shape index (κ1) is 20.4. The smallest absolute Gasteiger partial charge is 0.123 e. The van der Waals surface area contributed by atoms with E-state index in [-0.39, 0.29) is 11.7 Å². The van der Waals surface area contributed by atoms with Crippen molar-refractivity contribution in [2.75, 3.05) is 13.7 Å². The molecule has 31 heavy (non-hydrogen) atoms. The number of hydrogen-bond donors (Lipinski definition) is 1. The second-order valence-corrected chi connectivity index (χ2v) is 8.96. The number of benzene rings is 2. The molecule has 2 aromatic carbocycles. The lowest BCUT2D eigenvalue weighted by Crippen LogP contribution is -2.24. The Balaban J connectivity index is 1.37.